The zero-order chi connectivity index (χ0) is 23.2. The van der Waals surface area contributed by atoms with E-state index in [1.165, 1.54) is 6.08 Å². The average molecular weight is 455 g/mol. The van der Waals surface area contributed by atoms with E-state index in [4.69, 9.17) is 18.6 Å². The highest BCUT2D eigenvalue weighted by molar-refractivity contribution is 6.99. The van der Waals surface area contributed by atoms with Gasteiger partial charge in [-0.1, -0.05) is 81.4 Å². The van der Waals surface area contributed by atoms with Gasteiger partial charge in [0.25, 0.3) is 8.32 Å². The number of hydrogen-bond donors (Lipinski definition) is 0. The molecule has 0 saturated heterocycles. The molecular weight excluding hydrogens is 420 g/mol. The van der Waals surface area contributed by atoms with Gasteiger partial charge in [0.1, 0.15) is 6.10 Å². The van der Waals surface area contributed by atoms with Gasteiger partial charge in [0.15, 0.2) is 18.4 Å². The van der Waals surface area contributed by atoms with E-state index in [1.807, 2.05) is 50.2 Å². The lowest BCUT2D eigenvalue weighted by Crippen LogP contribution is -2.67. The van der Waals surface area contributed by atoms with Crippen molar-refractivity contribution in [3.8, 4) is 0 Å². The highest BCUT2D eigenvalue weighted by Crippen LogP contribution is 2.37. The van der Waals surface area contributed by atoms with Crippen molar-refractivity contribution in [3.63, 3.8) is 0 Å². The smallest absolute Gasteiger partial charge is 0.261 e. The lowest BCUT2D eigenvalue weighted by Gasteiger charge is -2.43. The number of ketones is 1. The number of hydrogen-bond acceptors (Lipinski definition) is 5. The van der Waals surface area contributed by atoms with E-state index in [2.05, 4.69) is 45.0 Å². The fourth-order valence-electron chi connectivity index (χ4n) is 4.18. The summed E-state index contributed by atoms with van der Waals surface area (Å²) < 4.78 is 24.0. The molecular formula is C26H34O5Si. The van der Waals surface area contributed by atoms with E-state index < -0.39 is 27.0 Å². The topological polar surface area (TPSA) is 54.0 Å². The number of ether oxygens (including phenoxy) is 3. The van der Waals surface area contributed by atoms with Gasteiger partial charge in [0.2, 0.25) is 0 Å². The molecule has 32 heavy (non-hydrogen) atoms. The fraction of sp³-hybridized carbons (Fsp3) is 0.423. The quantitative estimate of drug-likeness (QED) is 0.426. The molecule has 3 rings (SSSR count). The molecule has 6 heteroatoms. The lowest BCUT2D eigenvalue weighted by molar-refractivity contribution is -0.234. The second-order valence-electron chi connectivity index (χ2n) is 8.89. The molecule has 0 amide bonds. The van der Waals surface area contributed by atoms with Gasteiger partial charge in [-0.05, 0) is 41.4 Å². The monoisotopic (exact) mass is 454 g/mol. The van der Waals surface area contributed by atoms with Crippen LogP contribution in [0.4, 0.5) is 0 Å². The summed E-state index contributed by atoms with van der Waals surface area (Å²) in [7, 11) is -2.75. The molecule has 3 atom stereocenters. The highest BCUT2D eigenvalue weighted by atomic mass is 28.4. The minimum absolute atomic E-state index is 0.119. The van der Waals surface area contributed by atoms with Crippen LogP contribution in [0.2, 0.25) is 5.04 Å². The molecule has 5 nitrogen and oxygen atoms in total. The minimum Gasteiger partial charge on any atom is -0.404 e. The summed E-state index contributed by atoms with van der Waals surface area (Å²) in [6.45, 7) is 11.0. The predicted octanol–water partition coefficient (Wildman–Crippen LogP) is 3.81. The van der Waals surface area contributed by atoms with Crippen LogP contribution >= 0.6 is 0 Å². The first-order valence-corrected chi connectivity index (χ1v) is 13.1. The van der Waals surface area contributed by atoms with E-state index in [1.54, 1.807) is 6.08 Å². The Morgan fingerprint density at radius 2 is 1.56 bits per heavy atom. The van der Waals surface area contributed by atoms with Crippen LogP contribution in [0.25, 0.3) is 0 Å². The van der Waals surface area contributed by atoms with E-state index in [-0.39, 0.29) is 17.4 Å². The Kier molecular flexibility index (Phi) is 8.19. The van der Waals surface area contributed by atoms with Gasteiger partial charge in [-0.3, -0.25) is 4.79 Å². The molecule has 1 heterocycles. The normalized spacial score (nSPS) is 20.3. The van der Waals surface area contributed by atoms with Gasteiger partial charge in [0.05, 0.1) is 6.61 Å². The van der Waals surface area contributed by atoms with E-state index >= 15 is 0 Å². The van der Waals surface area contributed by atoms with E-state index in [0.717, 1.165) is 10.4 Å². The van der Waals surface area contributed by atoms with Crippen molar-refractivity contribution in [2.75, 3.05) is 13.2 Å². The summed E-state index contributed by atoms with van der Waals surface area (Å²) in [6.07, 6.45) is 1.33. The van der Waals surface area contributed by atoms with Crippen LogP contribution in [0.3, 0.4) is 0 Å². The fourth-order valence-corrected chi connectivity index (χ4v) is 8.74. The molecule has 172 valence electrons. The van der Waals surface area contributed by atoms with E-state index in [0.29, 0.717) is 6.61 Å². The summed E-state index contributed by atoms with van der Waals surface area (Å²) in [5.41, 5.74) is 0. The summed E-state index contributed by atoms with van der Waals surface area (Å²) in [6, 6.07) is 20.7. The number of carbonyl (C=O) groups excluding carboxylic acids is 1. The number of carbonyl (C=O) groups is 1. The summed E-state index contributed by atoms with van der Waals surface area (Å²) in [5, 5.41) is 2.15. The second kappa shape index (κ2) is 10.7. The molecule has 0 N–H and O–H groups in total. The lowest BCUT2D eigenvalue weighted by atomic mass is 10.2. The molecule has 0 radical (unpaired) electrons. The minimum atomic E-state index is -2.75. The third kappa shape index (κ3) is 5.45. The van der Waals surface area contributed by atoms with Crippen LogP contribution in [-0.4, -0.2) is 46.0 Å². The Hall–Kier alpha value is -2.09. The first kappa shape index (κ1) is 24.5. The third-order valence-electron chi connectivity index (χ3n) is 5.63. The standard InChI is InChI=1S/C26H34O5Si/c1-6-28-20(2)30-25-18-17-23(27)24(31-25)19-29-32(26(3,4)5,21-13-9-7-10-14-21)22-15-11-8-12-16-22/h7-18,20,24-25H,6,19H2,1-5H3/t20?,24-,25-/m0/s1. The molecule has 1 unspecified atom stereocenters. The largest absolute Gasteiger partial charge is 0.404 e. The van der Waals surface area contributed by atoms with Gasteiger partial charge < -0.3 is 18.6 Å². The van der Waals surface area contributed by atoms with Gasteiger partial charge in [-0.15, -0.1) is 0 Å². The third-order valence-corrected chi connectivity index (χ3v) is 10.6. The average Bonchev–Trinajstić information content (AvgIpc) is 2.77. The van der Waals surface area contributed by atoms with Crippen molar-refractivity contribution >= 4 is 24.5 Å². The molecule has 0 aromatic heterocycles. The molecule has 1 aliphatic rings. The zero-order valence-electron chi connectivity index (χ0n) is 19.6. The maximum atomic E-state index is 12.6. The second-order valence-corrected chi connectivity index (χ2v) is 13.2. The molecule has 0 aliphatic carbocycles. The molecule has 0 saturated carbocycles. The Morgan fingerprint density at radius 1 is 1.00 bits per heavy atom. The van der Waals surface area contributed by atoms with Crippen molar-refractivity contribution in [1.29, 1.82) is 0 Å². The molecule has 0 spiro atoms. The van der Waals surface area contributed by atoms with Crippen LogP contribution in [0.15, 0.2) is 72.8 Å². The molecule has 0 bridgehead atoms. The van der Waals surface area contributed by atoms with Crippen LogP contribution < -0.4 is 10.4 Å². The Balaban J connectivity index is 1.89. The molecule has 0 fully saturated rings. The van der Waals surface area contributed by atoms with Crippen LogP contribution in [0.5, 0.6) is 0 Å². The Labute approximate surface area is 192 Å². The molecule has 2 aromatic rings. The SMILES string of the molecule is CCOC(C)O[C@@H]1C=CC(=O)[C@H](CO[Si](c2ccccc2)(c2ccccc2)C(C)(C)C)O1. The first-order valence-electron chi connectivity index (χ1n) is 11.2. The highest BCUT2D eigenvalue weighted by Gasteiger charge is 2.50. The molecule has 1 aliphatic heterocycles. The van der Waals surface area contributed by atoms with Crippen molar-refractivity contribution in [2.24, 2.45) is 0 Å². The van der Waals surface area contributed by atoms with Crippen LogP contribution in [0.1, 0.15) is 34.6 Å². The van der Waals surface area contributed by atoms with Crippen molar-refractivity contribution < 1.29 is 23.4 Å². The van der Waals surface area contributed by atoms with Crippen molar-refractivity contribution in [1.82, 2.24) is 0 Å². The predicted molar refractivity (Wildman–Crippen MR) is 129 cm³/mol. The van der Waals surface area contributed by atoms with Crippen molar-refractivity contribution in [2.45, 2.75) is 58.3 Å². The van der Waals surface area contributed by atoms with Gasteiger partial charge in [-0.25, -0.2) is 0 Å². The summed E-state index contributed by atoms with van der Waals surface area (Å²) in [4.78, 5) is 12.6. The van der Waals surface area contributed by atoms with Crippen LogP contribution in [0, 0.1) is 0 Å². The van der Waals surface area contributed by atoms with Gasteiger partial charge in [0, 0.05) is 6.61 Å². The summed E-state index contributed by atoms with van der Waals surface area (Å²) >= 11 is 0. The molecule has 2 aromatic carbocycles. The Morgan fingerprint density at radius 3 is 2.06 bits per heavy atom. The van der Waals surface area contributed by atoms with Gasteiger partial charge in [-0.2, -0.15) is 0 Å². The maximum Gasteiger partial charge on any atom is 0.261 e. The Bertz CT molecular complexity index is 852. The first-order chi connectivity index (χ1) is 15.3. The van der Waals surface area contributed by atoms with Gasteiger partial charge >= 0.3 is 0 Å². The summed E-state index contributed by atoms with van der Waals surface area (Å²) in [5.74, 6) is -0.119. The number of benzene rings is 2. The van der Waals surface area contributed by atoms with Crippen LogP contribution in [-0.2, 0) is 23.4 Å². The maximum absolute atomic E-state index is 12.6. The van der Waals surface area contributed by atoms with E-state index in [9.17, 15) is 4.79 Å². The number of rotatable bonds is 9. The zero-order valence-corrected chi connectivity index (χ0v) is 20.6. The van der Waals surface area contributed by atoms with Crippen molar-refractivity contribution in [3.05, 3.63) is 72.8 Å².